The number of ether oxygens (including phenoxy) is 1. The molecule has 6 heteroatoms. The Morgan fingerprint density at radius 2 is 1.89 bits per heavy atom. The smallest absolute Gasteiger partial charge is 0.267 e. The number of rotatable bonds is 2. The van der Waals surface area contributed by atoms with Crippen LogP contribution in [-0.2, 0) is 0 Å². The molecule has 3 aromatic rings. The van der Waals surface area contributed by atoms with E-state index in [4.69, 9.17) is 4.74 Å². The van der Waals surface area contributed by atoms with E-state index in [1.165, 1.54) is 10.7 Å². The Labute approximate surface area is 156 Å². The zero-order valence-corrected chi connectivity index (χ0v) is 15.0. The second kappa shape index (κ2) is 6.15. The molecule has 136 valence electrons. The van der Waals surface area contributed by atoms with Gasteiger partial charge in [-0.15, -0.1) is 0 Å². The van der Waals surface area contributed by atoms with Crippen molar-refractivity contribution in [3.05, 3.63) is 82.3 Å². The normalized spacial score (nSPS) is 20.4. The van der Waals surface area contributed by atoms with Crippen LogP contribution in [0.5, 0.6) is 5.75 Å². The lowest BCUT2D eigenvalue weighted by atomic mass is 9.86. The van der Waals surface area contributed by atoms with Crippen molar-refractivity contribution in [1.29, 1.82) is 5.26 Å². The van der Waals surface area contributed by atoms with Crippen molar-refractivity contribution in [2.45, 2.75) is 31.6 Å². The summed E-state index contributed by atoms with van der Waals surface area (Å²) in [4.78, 5) is 12.8. The Hall–Kier alpha value is -3.30. The van der Waals surface area contributed by atoms with Gasteiger partial charge in [-0.05, 0) is 44.2 Å². The molecule has 1 aliphatic heterocycles. The summed E-state index contributed by atoms with van der Waals surface area (Å²) in [6, 6.07) is 17.4. The molecule has 0 amide bonds. The van der Waals surface area contributed by atoms with Crippen LogP contribution < -0.4 is 10.3 Å². The average molecular weight is 361 g/mol. The van der Waals surface area contributed by atoms with E-state index in [1.807, 2.05) is 30.3 Å². The topological polar surface area (TPSA) is 80.2 Å². The lowest BCUT2D eigenvalue weighted by Gasteiger charge is -2.42. The number of nitrogens with zero attached hydrogens (tertiary/aromatic N) is 3. The molecule has 6 nitrogen and oxygen atoms in total. The molecule has 1 aromatic heterocycles. The molecular weight excluding hydrogens is 342 g/mol. The van der Waals surface area contributed by atoms with Crippen molar-refractivity contribution < 1.29 is 9.84 Å². The quantitative estimate of drug-likeness (QED) is 0.761. The van der Waals surface area contributed by atoms with Gasteiger partial charge in [0.25, 0.3) is 5.56 Å². The van der Waals surface area contributed by atoms with Gasteiger partial charge in [0.1, 0.15) is 23.5 Å². The summed E-state index contributed by atoms with van der Waals surface area (Å²) in [5, 5.41) is 20.4. The predicted molar refractivity (Wildman–Crippen MR) is 100 cm³/mol. The summed E-state index contributed by atoms with van der Waals surface area (Å²) >= 11 is 0. The van der Waals surface area contributed by atoms with Gasteiger partial charge in [0.2, 0.25) is 0 Å². The van der Waals surface area contributed by atoms with Gasteiger partial charge >= 0.3 is 0 Å². The summed E-state index contributed by atoms with van der Waals surface area (Å²) in [6.07, 6.45) is 0.690. The monoisotopic (exact) mass is 361 g/mol. The maximum atomic E-state index is 12.8. The second-order valence-corrected chi connectivity index (χ2v) is 7.14. The summed E-state index contributed by atoms with van der Waals surface area (Å²) in [5.74, 6) is 0.557. The molecule has 0 saturated heterocycles. The van der Waals surface area contributed by atoms with E-state index in [2.05, 4.69) is 6.07 Å². The fraction of sp³-hybridized carbons (Fsp3) is 0.238. The third-order valence-corrected chi connectivity index (χ3v) is 4.94. The van der Waals surface area contributed by atoms with Crippen LogP contribution in [-0.4, -0.2) is 26.2 Å². The number of hydrogen-bond acceptors (Lipinski definition) is 4. The van der Waals surface area contributed by atoms with E-state index < -0.39 is 17.7 Å². The standard InChI is InChI=1S/C21H19N3O3/c1-21(2)20(26)19(16-12-14(13-22)8-9-17(16)27-21)24-18(25)10-11-23(24)15-6-4-3-5-7-15/h3-12,19-20,26H,1-2H3/t19-,20+/m0/s1. The highest BCUT2D eigenvalue weighted by molar-refractivity contribution is 5.47. The van der Waals surface area contributed by atoms with Gasteiger partial charge in [-0.2, -0.15) is 5.26 Å². The van der Waals surface area contributed by atoms with Gasteiger partial charge in [-0.25, -0.2) is 4.68 Å². The van der Waals surface area contributed by atoms with Crippen LogP contribution in [0, 0.1) is 11.3 Å². The zero-order chi connectivity index (χ0) is 19.2. The van der Waals surface area contributed by atoms with E-state index in [0.29, 0.717) is 16.9 Å². The number of aliphatic hydroxyl groups excluding tert-OH is 1. The minimum atomic E-state index is -0.992. The van der Waals surface area contributed by atoms with E-state index in [0.717, 1.165) is 5.69 Å². The maximum absolute atomic E-state index is 12.8. The SMILES string of the molecule is CC1(C)Oc2ccc(C#N)cc2[C@H](n2c(=O)ccn2-c2ccccc2)[C@H]1O. The Bertz CT molecular complexity index is 1090. The van der Waals surface area contributed by atoms with Gasteiger partial charge < -0.3 is 9.84 Å². The molecule has 27 heavy (non-hydrogen) atoms. The van der Waals surface area contributed by atoms with Crippen LogP contribution >= 0.6 is 0 Å². The molecule has 0 radical (unpaired) electrons. The predicted octanol–water partition coefficient (Wildman–Crippen LogP) is 2.63. The van der Waals surface area contributed by atoms with E-state index in [1.54, 1.807) is 42.9 Å². The van der Waals surface area contributed by atoms with E-state index >= 15 is 0 Å². The molecule has 0 bridgehead atoms. The number of aromatic nitrogens is 2. The van der Waals surface area contributed by atoms with Crippen LogP contribution in [0.4, 0.5) is 0 Å². The molecule has 0 saturated carbocycles. The Morgan fingerprint density at radius 1 is 1.15 bits per heavy atom. The number of nitriles is 1. The second-order valence-electron chi connectivity index (χ2n) is 7.14. The molecule has 0 unspecified atom stereocenters. The third kappa shape index (κ3) is 2.73. The lowest BCUT2D eigenvalue weighted by molar-refractivity contribution is -0.0675. The maximum Gasteiger partial charge on any atom is 0.267 e. The number of aliphatic hydroxyl groups is 1. The van der Waals surface area contributed by atoms with Gasteiger partial charge in [-0.1, -0.05) is 18.2 Å². The largest absolute Gasteiger partial charge is 0.485 e. The molecular formula is C21H19N3O3. The third-order valence-electron chi connectivity index (χ3n) is 4.94. The highest BCUT2D eigenvalue weighted by atomic mass is 16.5. The molecule has 1 N–H and O–H groups in total. The van der Waals surface area contributed by atoms with Gasteiger partial charge in [0, 0.05) is 17.8 Å². The minimum absolute atomic E-state index is 0.242. The van der Waals surface area contributed by atoms with Crippen LogP contribution in [0.25, 0.3) is 5.69 Å². The summed E-state index contributed by atoms with van der Waals surface area (Å²) in [6.45, 7) is 3.57. The number of fused-ring (bicyclic) bond motifs is 1. The summed E-state index contributed by atoms with van der Waals surface area (Å²) in [7, 11) is 0. The fourth-order valence-corrected chi connectivity index (χ4v) is 3.55. The molecule has 0 fully saturated rings. The molecule has 2 aromatic carbocycles. The van der Waals surface area contributed by atoms with Crippen LogP contribution in [0.15, 0.2) is 65.6 Å². The first kappa shape index (κ1) is 17.1. The number of benzene rings is 2. The van der Waals surface area contributed by atoms with E-state index in [-0.39, 0.29) is 5.56 Å². The van der Waals surface area contributed by atoms with Gasteiger partial charge in [0.05, 0.1) is 17.3 Å². The average Bonchev–Trinajstić information content (AvgIpc) is 3.04. The van der Waals surface area contributed by atoms with E-state index in [9.17, 15) is 15.2 Å². The van der Waals surface area contributed by atoms with Crippen LogP contribution in [0.1, 0.15) is 31.0 Å². The number of para-hydroxylation sites is 1. The molecule has 2 heterocycles. The van der Waals surface area contributed by atoms with Crippen LogP contribution in [0.3, 0.4) is 0 Å². The Balaban J connectivity index is 1.98. The van der Waals surface area contributed by atoms with Gasteiger partial charge in [0.15, 0.2) is 0 Å². The summed E-state index contributed by atoms with van der Waals surface area (Å²) < 4.78 is 9.20. The fourth-order valence-electron chi connectivity index (χ4n) is 3.55. The Kier molecular flexibility index (Phi) is 3.90. The Morgan fingerprint density at radius 3 is 2.59 bits per heavy atom. The minimum Gasteiger partial charge on any atom is -0.485 e. The first-order valence-electron chi connectivity index (χ1n) is 8.69. The summed E-state index contributed by atoms with van der Waals surface area (Å²) in [5.41, 5.74) is 0.707. The molecule has 2 atom stereocenters. The molecule has 0 spiro atoms. The first-order valence-corrected chi connectivity index (χ1v) is 8.69. The first-order chi connectivity index (χ1) is 12.9. The van der Waals surface area contributed by atoms with Crippen LogP contribution in [0.2, 0.25) is 0 Å². The zero-order valence-electron chi connectivity index (χ0n) is 15.0. The number of hydrogen-bond donors (Lipinski definition) is 1. The van der Waals surface area contributed by atoms with Crippen molar-refractivity contribution in [1.82, 2.24) is 9.36 Å². The van der Waals surface area contributed by atoms with Crippen molar-refractivity contribution >= 4 is 0 Å². The molecule has 4 rings (SSSR count). The molecule has 1 aliphatic rings. The van der Waals surface area contributed by atoms with Crippen molar-refractivity contribution in [2.24, 2.45) is 0 Å². The van der Waals surface area contributed by atoms with Gasteiger partial charge in [-0.3, -0.25) is 9.48 Å². The van der Waals surface area contributed by atoms with Crippen molar-refractivity contribution in [3.63, 3.8) is 0 Å². The van der Waals surface area contributed by atoms with Crippen molar-refractivity contribution in [3.8, 4) is 17.5 Å². The highest BCUT2D eigenvalue weighted by Gasteiger charge is 2.45. The highest BCUT2D eigenvalue weighted by Crippen LogP contribution is 2.42. The molecule has 0 aliphatic carbocycles. The lowest BCUT2D eigenvalue weighted by Crippen LogP contribution is -2.52. The van der Waals surface area contributed by atoms with Crippen molar-refractivity contribution in [2.75, 3.05) is 0 Å².